The Bertz CT molecular complexity index is 656. The Morgan fingerprint density at radius 2 is 1.61 bits per heavy atom. The van der Waals surface area contributed by atoms with Crippen LogP contribution in [0.4, 0.5) is 8.78 Å². The molecule has 1 aliphatic carbocycles. The summed E-state index contributed by atoms with van der Waals surface area (Å²) in [6.07, 6.45) is -0.746. The van der Waals surface area contributed by atoms with Gasteiger partial charge >= 0.3 is 0 Å². The summed E-state index contributed by atoms with van der Waals surface area (Å²) in [5.41, 5.74) is 3.54. The molecule has 1 nitrogen and oxygen atoms in total. The van der Waals surface area contributed by atoms with E-state index in [2.05, 4.69) is 6.92 Å². The molecular weight excluding hydrogens is 294 g/mol. The van der Waals surface area contributed by atoms with E-state index in [0.717, 1.165) is 17.5 Å². The maximum Gasteiger partial charge on any atom is 0.126 e. The first-order chi connectivity index (χ1) is 11.1. The highest BCUT2D eigenvalue weighted by Gasteiger charge is 2.31. The van der Waals surface area contributed by atoms with Crippen LogP contribution in [-0.2, 0) is 6.42 Å². The highest BCUT2D eigenvalue weighted by Crippen LogP contribution is 2.42. The number of benzene rings is 2. The molecule has 0 saturated heterocycles. The van der Waals surface area contributed by atoms with Crippen LogP contribution in [0.15, 0.2) is 42.5 Å². The van der Waals surface area contributed by atoms with Gasteiger partial charge in [-0.05, 0) is 41.9 Å². The van der Waals surface area contributed by atoms with Gasteiger partial charge in [0.15, 0.2) is 0 Å². The molecule has 2 unspecified atom stereocenters. The molecule has 23 heavy (non-hydrogen) atoms. The minimum Gasteiger partial charge on any atom is -0.507 e. The molecule has 2 aromatic carbocycles. The maximum atomic E-state index is 13.7. The molecule has 0 radical (unpaired) electrons. The van der Waals surface area contributed by atoms with Crippen LogP contribution in [0, 0.1) is 0 Å². The third kappa shape index (κ3) is 3.39. The average Bonchev–Trinajstić information content (AvgIpc) is 2.54. The molecule has 3 rings (SSSR count). The van der Waals surface area contributed by atoms with E-state index >= 15 is 0 Å². The lowest BCUT2D eigenvalue weighted by Gasteiger charge is -2.28. The van der Waals surface area contributed by atoms with Gasteiger partial charge in [0.25, 0.3) is 0 Å². The quantitative estimate of drug-likeness (QED) is 0.785. The largest absolute Gasteiger partial charge is 0.507 e. The molecule has 2 atom stereocenters. The fraction of sp³-hybridized carbons (Fsp3) is 0.400. The molecule has 1 fully saturated rings. The molecule has 2 aromatic rings. The van der Waals surface area contributed by atoms with Gasteiger partial charge in [0.05, 0.1) is 0 Å². The van der Waals surface area contributed by atoms with Crippen LogP contribution in [0.5, 0.6) is 5.75 Å². The minimum absolute atomic E-state index is 0.0184. The minimum atomic E-state index is -1.13. The zero-order valence-corrected chi connectivity index (χ0v) is 13.3. The second-order valence-electron chi connectivity index (χ2n) is 6.39. The van der Waals surface area contributed by atoms with Crippen molar-refractivity contribution in [1.29, 1.82) is 0 Å². The van der Waals surface area contributed by atoms with Crippen LogP contribution >= 0.6 is 0 Å². The van der Waals surface area contributed by atoms with Crippen LogP contribution in [0.3, 0.4) is 0 Å². The van der Waals surface area contributed by atoms with Gasteiger partial charge in [-0.1, -0.05) is 49.4 Å². The van der Waals surface area contributed by atoms with Crippen molar-refractivity contribution in [2.75, 3.05) is 0 Å². The van der Waals surface area contributed by atoms with Crippen molar-refractivity contribution in [1.82, 2.24) is 0 Å². The van der Waals surface area contributed by atoms with Crippen molar-refractivity contribution < 1.29 is 13.9 Å². The fourth-order valence-electron chi connectivity index (χ4n) is 3.48. The topological polar surface area (TPSA) is 20.2 Å². The summed E-state index contributed by atoms with van der Waals surface area (Å²) in [6.45, 7) is 2.09. The number of alkyl halides is 2. The van der Waals surface area contributed by atoms with Crippen LogP contribution in [0.1, 0.15) is 43.2 Å². The van der Waals surface area contributed by atoms with E-state index in [1.54, 1.807) is 6.07 Å². The first kappa shape index (κ1) is 16.0. The van der Waals surface area contributed by atoms with E-state index in [4.69, 9.17) is 0 Å². The molecule has 0 aliphatic heterocycles. The van der Waals surface area contributed by atoms with Gasteiger partial charge in [-0.15, -0.1) is 0 Å². The molecule has 0 bridgehead atoms. The third-order valence-corrected chi connectivity index (χ3v) is 4.77. The van der Waals surface area contributed by atoms with Gasteiger partial charge in [-0.3, -0.25) is 0 Å². The SMILES string of the molecule is CCc1ccc(-c2cccc(C3CC(F)CC(F)C3)c2O)cc1. The summed E-state index contributed by atoms with van der Waals surface area (Å²) < 4.78 is 27.4. The highest BCUT2D eigenvalue weighted by atomic mass is 19.1. The summed E-state index contributed by atoms with van der Waals surface area (Å²) >= 11 is 0. The number of hydrogen-bond donors (Lipinski definition) is 1. The lowest BCUT2D eigenvalue weighted by molar-refractivity contribution is 0.141. The van der Waals surface area contributed by atoms with Crippen molar-refractivity contribution in [3.05, 3.63) is 53.6 Å². The first-order valence-electron chi connectivity index (χ1n) is 8.27. The van der Waals surface area contributed by atoms with Crippen LogP contribution < -0.4 is 0 Å². The Morgan fingerprint density at radius 1 is 0.957 bits per heavy atom. The molecule has 0 aromatic heterocycles. The molecule has 3 heteroatoms. The van der Waals surface area contributed by atoms with Crippen LogP contribution in [0.2, 0.25) is 0 Å². The van der Waals surface area contributed by atoms with E-state index in [0.29, 0.717) is 5.56 Å². The number of aryl methyl sites for hydroxylation is 1. The number of phenolic OH excluding ortho intramolecular Hbond substituents is 1. The van der Waals surface area contributed by atoms with Crippen LogP contribution in [-0.4, -0.2) is 17.4 Å². The number of aromatic hydroxyl groups is 1. The van der Waals surface area contributed by atoms with E-state index in [-0.39, 0.29) is 30.9 Å². The normalized spacial score (nSPS) is 24.6. The monoisotopic (exact) mass is 316 g/mol. The summed E-state index contributed by atoms with van der Waals surface area (Å²) in [6, 6.07) is 13.5. The van der Waals surface area contributed by atoms with E-state index < -0.39 is 12.3 Å². The van der Waals surface area contributed by atoms with Gasteiger partial charge in [-0.25, -0.2) is 8.78 Å². The van der Waals surface area contributed by atoms with Crippen molar-refractivity contribution in [3.8, 4) is 16.9 Å². The standard InChI is InChI=1S/C20H22F2O/c1-2-13-6-8-14(9-7-13)18-4-3-5-19(20(18)23)15-10-16(21)12-17(22)11-15/h3-9,15-17,23H,2,10-12H2,1H3. The van der Waals surface area contributed by atoms with Crippen molar-refractivity contribution in [3.63, 3.8) is 0 Å². The molecule has 0 heterocycles. The number of halogens is 2. The van der Waals surface area contributed by atoms with E-state index in [1.165, 1.54) is 5.56 Å². The van der Waals surface area contributed by atoms with Gasteiger partial charge < -0.3 is 5.11 Å². The molecule has 1 aliphatic rings. The Kier molecular flexibility index (Phi) is 4.65. The van der Waals surface area contributed by atoms with Gasteiger partial charge in [0, 0.05) is 12.0 Å². The van der Waals surface area contributed by atoms with Gasteiger partial charge in [0.1, 0.15) is 18.1 Å². The molecular formula is C20H22F2O. The lowest BCUT2D eigenvalue weighted by atomic mass is 9.81. The van der Waals surface area contributed by atoms with Gasteiger partial charge in [-0.2, -0.15) is 0 Å². The summed E-state index contributed by atoms with van der Waals surface area (Å²) in [7, 11) is 0. The number of phenols is 1. The second kappa shape index (κ2) is 6.69. The van der Waals surface area contributed by atoms with Crippen molar-refractivity contribution in [2.45, 2.75) is 50.9 Å². The predicted molar refractivity (Wildman–Crippen MR) is 89.3 cm³/mol. The summed E-state index contributed by atoms with van der Waals surface area (Å²) in [5.74, 6) is -0.105. The van der Waals surface area contributed by atoms with Gasteiger partial charge in [0.2, 0.25) is 0 Å². The van der Waals surface area contributed by atoms with Crippen molar-refractivity contribution >= 4 is 0 Å². The Labute approximate surface area is 136 Å². The first-order valence-corrected chi connectivity index (χ1v) is 8.27. The molecule has 1 N–H and O–H groups in total. The lowest BCUT2D eigenvalue weighted by Crippen LogP contribution is -2.23. The number of para-hydroxylation sites is 1. The Hall–Kier alpha value is -1.90. The Morgan fingerprint density at radius 3 is 2.22 bits per heavy atom. The third-order valence-electron chi connectivity index (χ3n) is 4.77. The zero-order valence-electron chi connectivity index (χ0n) is 13.3. The maximum absolute atomic E-state index is 13.7. The van der Waals surface area contributed by atoms with E-state index in [9.17, 15) is 13.9 Å². The molecule has 1 saturated carbocycles. The zero-order chi connectivity index (χ0) is 16.4. The van der Waals surface area contributed by atoms with Crippen molar-refractivity contribution in [2.24, 2.45) is 0 Å². The van der Waals surface area contributed by atoms with E-state index in [1.807, 2.05) is 36.4 Å². The highest BCUT2D eigenvalue weighted by molar-refractivity contribution is 5.72. The Balaban J connectivity index is 1.94. The summed E-state index contributed by atoms with van der Waals surface area (Å²) in [5, 5.41) is 10.6. The fourth-order valence-corrected chi connectivity index (χ4v) is 3.48. The van der Waals surface area contributed by atoms with Crippen LogP contribution in [0.25, 0.3) is 11.1 Å². The number of hydrogen-bond acceptors (Lipinski definition) is 1. The molecule has 122 valence electrons. The summed E-state index contributed by atoms with van der Waals surface area (Å²) in [4.78, 5) is 0. The average molecular weight is 316 g/mol. The molecule has 0 amide bonds. The smallest absolute Gasteiger partial charge is 0.126 e. The number of rotatable bonds is 3. The predicted octanol–water partition coefficient (Wildman–Crippen LogP) is 5.57. The second-order valence-corrected chi connectivity index (χ2v) is 6.39. The molecule has 0 spiro atoms.